The molecule has 1 N–H and O–H groups in total. The number of carboxylic acids is 1. The average Bonchev–Trinajstić information content (AvgIpc) is 1.80. The molecular weight excluding hydrogens is 168 g/mol. The third kappa shape index (κ3) is 5.60. The molecule has 0 aliphatic carbocycles. The first-order valence-corrected chi connectivity index (χ1v) is 4.98. The molecule has 0 amide bonds. The molecule has 0 aromatic carbocycles. The van der Waals surface area contributed by atoms with Gasteiger partial charge in [0.15, 0.2) is 0 Å². The zero-order valence-electron chi connectivity index (χ0n) is 6.20. The summed E-state index contributed by atoms with van der Waals surface area (Å²) in [6.45, 7) is 3.19. The molecule has 5 heteroatoms. The first-order chi connectivity index (χ1) is 4.83. The number of carboxylic acid groups (broad SMARTS) is 1. The first kappa shape index (κ1) is 10.2. The maximum atomic E-state index is 10.5. The molecule has 0 bridgehead atoms. The van der Waals surface area contributed by atoms with Crippen LogP contribution in [0.15, 0.2) is 12.2 Å². The van der Waals surface area contributed by atoms with Crippen LogP contribution < -0.4 is 0 Å². The minimum Gasteiger partial charge on any atom is -0.478 e. The van der Waals surface area contributed by atoms with E-state index < -0.39 is 15.8 Å². The number of hydrogen-bond acceptors (Lipinski definition) is 3. The highest BCUT2D eigenvalue weighted by Crippen LogP contribution is 1.99. The molecule has 0 saturated carbocycles. The van der Waals surface area contributed by atoms with Crippen molar-refractivity contribution in [3.8, 4) is 0 Å². The van der Waals surface area contributed by atoms with Gasteiger partial charge in [0, 0.05) is 11.8 Å². The van der Waals surface area contributed by atoms with Crippen molar-refractivity contribution in [2.75, 3.05) is 12.0 Å². The summed E-state index contributed by atoms with van der Waals surface area (Å²) in [7, 11) is -3.08. The summed E-state index contributed by atoms with van der Waals surface area (Å²) in [5.74, 6) is -1.30. The van der Waals surface area contributed by atoms with Crippen LogP contribution in [0.25, 0.3) is 0 Å². The molecule has 0 heterocycles. The van der Waals surface area contributed by atoms with E-state index >= 15 is 0 Å². The molecule has 0 rings (SSSR count). The largest absolute Gasteiger partial charge is 0.478 e. The smallest absolute Gasteiger partial charge is 0.330 e. The molecule has 0 aliphatic heterocycles. The third-order valence-corrected chi connectivity index (χ3v) is 2.02. The van der Waals surface area contributed by atoms with Gasteiger partial charge in [-0.3, -0.25) is 0 Å². The quantitative estimate of drug-likeness (QED) is 0.618. The monoisotopic (exact) mass is 178 g/mol. The summed E-state index contributed by atoms with van der Waals surface area (Å²) in [5.41, 5.74) is -0.0737. The SMILES string of the molecule is C=C(CCS(C)(=O)=O)C(=O)O. The van der Waals surface area contributed by atoms with Crippen LogP contribution in [0.4, 0.5) is 0 Å². The summed E-state index contributed by atoms with van der Waals surface area (Å²) >= 11 is 0. The third-order valence-electron chi connectivity index (χ3n) is 1.08. The summed E-state index contributed by atoms with van der Waals surface area (Å²) in [5, 5.41) is 8.28. The zero-order chi connectivity index (χ0) is 9.07. The lowest BCUT2D eigenvalue weighted by atomic mass is 10.2. The van der Waals surface area contributed by atoms with Crippen LogP contribution in [0, 0.1) is 0 Å². The normalized spacial score (nSPS) is 11.0. The maximum absolute atomic E-state index is 10.5. The Balaban J connectivity index is 3.92. The molecule has 4 nitrogen and oxygen atoms in total. The van der Waals surface area contributed by atoms with Crippen molar-refractivity contribution in [3.05, 3.63) is 12.2 Å². The molecule has 0 unspecified atom stereocenters. The van der Waals surface area contributed by atoms with Crippen LogP contribution in [0.5, 0.6) is 0 Å². The van der Waals surface area contributed by atoms with Gasteiger partial charge in [-0.2, -0.15) is 0 Å². The highest BCUT2D eigenvalue weighted by atomic mass is 32.2. The predicted octanol–water partition coefficient (Wildman–Crippen LogP) is 0.0619. The molecule has 0 aromatic heterocycles. The highest BCUT2D eigenvalue weighted by molar-refractivity contribution is 7.90. The Bertz CT molecular complexity index is 262. The minimum absolute atomic E-state index is 0.00579. The lowest BCUT2D eigenvalue weighted by Crippen LogP contribution is -2.07. The van der Waals surface area contributed by atoms with E-state index in [0.717, 1.165) is 6.26 Å². The van der Waals surface area contributed by atoms with Gasteiger partial charge in [-0.15, -0.1) is 0 Å². The fourth-order valence-electron chi connectivity index (χ4n) is 0.416. The van der Waals surface area contributed by atoms with E-state index in [9.17, 15) is 13.2 Å². The Kier molecular flexibility index (Phi) is 3.25. The Morgan fingerprint density at radius 3 is 2.27 bits per heavy atom. The standard InChI is InChI=1S/C6H10O4S/c1-5(6(7)8)3-4-11(2,9)10/h1,3-4H2,2H3,(H,7,8). The number of aliphatic carboxylic acids is 1. The van der Waals surface area contributed by atoms with Crippen LogP contribution >= 0.6 is 0 Å². The van der Waals surface area contributed by atoms with Crippen molar-refractivity contribution in [1.29, 1.82) is 0 Å². The van der Waals surface area contributed by atoms with Gasteiger partial charge in [0.2, 0.25) is 0 Å². The van der Waals surface area contributed by atoms with E-state index in [1.807, 2.05) is 0 Å². The van der Waals surface area contributed by atoms with Gasteiger partial charge in [0.05, 0.1) is 5.75 Å². The minimum atomic E-state index is -3.08. The second kappa shape index (κ2) is 3.52. The highest BCUT2D eigenvalue weighted by Gasteiger charge is 2.07. The molecule has 0 aromatic rings. The number of hydrogen-bond donors (Lipinski definition) is 1. The second-order valence-corrected chi connectivity index (χ2v) is 4.55. The van der Waals surface area contributed by atoms with Crippen LogP contribution in [0.3, 0.4) is 0 Å². The molecule has 64 valence electrons. The number of carbonyl (C=O) groups is 1. The van der Waals surface area contributed by atoms with Crippen molar-refractivity contribution >= 4 is 15.8 Å². The number of sulfone groups is 1. The average molecular weight is 178 g/mol. The van der Waals surface area contributed by atoms with Crippen molar-refractivity contribution in [2.24, 2.45) is 0 Å². The van der Waals surface area contributed by atoms with Gasteiger partial charge in [0.25, 0.3) is 0 Å². The zero-order valence-corrected chi connectivity index (χ0v) is 7.02. The van der Waals surface area contributed by atoms with E-state index in [2.05, 4.69) is 6.58 Å². The Morgan fingerprint density at radius 1 is 1.55 bits per heavy atom. The van der Waals surface area contributed by atoms with E-state index in [1.165, 1.54) is 0 Å². The van der Waals surface area contributed by atoms with Crippen molar-refractivity contribution in [3.63, 3.8) is 0 Å². The molecule has 11 heavy (non-hydrogen) atoms. The van der Waals surface area contributed by atoms with Crippen LogP contribution in [0.1, 0.15) is 6.42 Å². The van der Waals surface area contributed by atoms with Gasteiger partial charge in [-0.25, -0.2) is 13.2 Å². The van der Waals surface area contributed by atoms with Crippen molar-refractivity contribution in [2.45, 2.75) is 6.42 Å². The lowest BCUT2D eigenvalue weighted by molar-refractivity contribution is -0.132. The fraction of sp³-hybridized carbons (Fsp3) is 0.500. The fourth-order valence-corrected chi connectivity index (χ4v) is 1.03. The lowest BCUT2D eigenvalue weighted by Gasteiger charge is -1.97. The van der Waals surface area contributed by atoms with Crippen LogP contribution in [-0.4, -0.2) is 31.5 Å². The first-order valence-electron chi connectivity index (χ1n) is 2.92. The van der Waals surface area contributed by atoms with Crippen molar-refractivity contribution < 1.29 is 18.3 Å². The Hall–Kier alpha value is -0.840. The summed E-state index contributed by atoms with van der Waals surface area (Å²) < 4.78 is 21.0. The van der Waals surface area contributed by atoms with Gasteiger partial charge < -0.3 is 5.11 Å². The molecule has 0 spiro atoms. The molecule has 0 radical (unpaired) electrons. The van der Waals surface area contributed by atoms with E-state index in [4.69, 9.17) is 5.11 Å². The second-order valence-electron chi connectivity index (χ2n) is 2.29. The van der Waals surface area contributed by atoms with Gasteiger partial charge >= 0.3 is 5.97 Å². The molecule has 0 aliphatic rings. The van der Waals surface area contributed by atoms with Gasteiger partial charge in [-0.05, 0) is 6.42 Å². The predicted molar refractivity (Wildman–Crippen MR) is 41.1 cm³/mol. The summed E-state index contributed by atoms with van der Waals surface area (Å²) in [4.78, 5) is 10.1. The van der Waals surface area contributed by atoms with E-state index in [1.54, 1.807) is 0 Å². The Morgan fingerprint density at radius 2 is 2.00 bits per heavy atom. The number of rotatable bonds is 4. The van der Waals surface area contributed by atoms with Crippen molar-refractivity contribution in [1.82, 2.24) is 0 Å². The molecule has 0 saturated heterocycles. The summed E-state index contributed by atoms with van der Waals surface area (Å²) in [6, 6.07) is 0. The van der Waals surface area contributed by atoms with Gasteiger partial charge in [0.1, 0.15) is 9.84 Å². The van der Waals surface area contributed by atoms with Gasteiger partial charge in [-0.1, -0.05) is 6.58 Å². The maximum Gasteiger partial charge on any atom is 0.330 e. The van der Waals surface area contributed by atoms with Crippen LogP contribution in [-0.2, 0) is 14.6 Å². The Labute approximate surface area is 65.5 Å². The topological polar surface area (TPSA) is 71.4 Å². The van der Waals surface area contributed by atoms with E-state index in [0.29, 0.717) is 0 Å². The summed E-state index contributed by atoms with van der Waals surface area (Å²) in [6.07, 6.45) is 1.05. The molecule has 0 atom stereocenters. The van der Waals surface area contributed by atoms with Crippen LogP contribution in [0.2, 0.25) is 0 Å². The molecular formula is C6H10O4S. The molecule has 0 fully saturated rings. The van der Waals surface area contributed by atoms with E-state index in [-0.39, 0.29) is 17.7 Å².